The van der Waals surface area contributed by atoms with Crippen LogP contribution in [0.5, 0.6) is 0 Å². The fourth-order valence-electron chi connectivity index (χ4n) is 3.86. The van der Waals surface area contributed by atoms with E-state index in [1.54, 1.807) is 18.4 Å². The molecule has 1 amide bonds. The standard InChI is InChI=1S/C24H29N5O4S/c1-3-27(4-2)34(32,33)21-14-12-19(13-15-21)23(30)25-16-17-28-24(31)29(20-8-6-5-7-9-20)22(26-28)18-10-11-18/h5-9,12-15,18H,3-4,10-11,16-17H2,1-2H3,(H,25,30). The van der Waals surface area contributed by atoms with Gasteiger partial charge in [0.2, 0.25) is 10.0 Å². The molecule has 4 rings (SSSR count). The Kier molecular flexibility index (Phi) is 6.99. The van der Waals surface area contributed by atoms with Crippen molar-refractivity contribution in [1.82, 2.24) is 24.0 Å². The predicted octanol–water partition coefficient (Wildman–Crippen LogP) is 2.37. The second kappa shape index (κ2) is 9.94. The predicted molar refractivity (Wildman–Crippen MR) is 129 cm³/mol. The number of amides is 1. The number of rotatable bonds is 10. The van der Waals surface area contributed by atoms with Crippen LogP contribution in [0, 0.1) is 0 Å². The molecule has 0 unspecified atom stereocenters. The molecule has 1 aliphatic rings. The molecule has 1 aliphatic carbocycles. The second-order valence-electron chi connectivity index (χ2n) is 8.18. The average molecular weight is 484 g/mol. The van der Waals surface area contributed by atoms with E-state index in [0.29, 0.717) is 18.7 Å². The number of sulfonamides is 1. The number of benzene rings is 2. The molecule has 1 heterocycles. The lowest BCUT2D eigenvalue weighted by Gasteiger charge is -2.18. The minimum atomic E-state index is -3.58. The zero-order valence-electron chi connectivity index (χ0n) is 19.3. The maximum atomic E-state index is 13.0. The van der Waals surface area contributed by atoms with Gasteiger partial charge in [-0.05, 0) is 49.2 Å². The highest BCUT2D eigenvalue weighted by atomic mass is 32.2. The Hall–Kier alpha value is -3.24. The highest BCUT2D eigenvalue weighted by Crippen LogP contribution is 2.39. The van der Waals surface area contributed by atoms with E-state index < -0.39 is 10.0 Å². The molecule has 0 atom stereocenters. The number of hydrogen-bond donors (Lipinski definition) is 1. The van der Waals surface area contributed by atoms with Crippen molar-refractivity contribution >= 4 is 15.9 Å². The van der Waals surface area contributed by atoms with Gasteiger partial charge in [-0.15, -0.1) is 0 Å². The summed E-state index contributed by atoms with van der Waals surface area (Å²) >= 11 is 0. The van der Waals surface area contributed by atoms with Gasteiger partial charge in [0, 0.05) is 31.1 Å². The summed E-state index contributed by atoms with van der Waals surface area (Å²) in [6, 6.07) is 15.3. The quantitative estimate of drug-likeness (QED) is 0.477. The molecule has 0 bridgehead atoms. The van der Waals surface area contributed by atoms with Crippen molar-refractivity contribution in [1.29, 1.82) is 0 Å². The van der Waals surface area contributed by atoms with Crippen molar-refractivity contribution in [3.8, 4) is 5.69 Å². The van der Waals surface area contributed by atoms with Crippen LogP contribution in [0.4, 0.5) is 0 Å². The van der Waals surface area contributed by atoms with Crippen molar-refractivity contribution in [2.75, 3.05) is 19.6 Å². The Morgan fingerprint density at radius 1 is 1.06 bits per heavy atom. The molecule has 10 heteroatoms. The van der Waals surface area contributed by atoms with E-state index in [1.165, 1.54) is 33.3 Å². The highest BCUT2D eigenvalue weighted by molar-refractivity contribution is 7.89. The van der Waals surface area contributed by atoms with Crippen LogP contribution in [0.15, 0.2) is 64.3 Å². The van der Waals surface area contributed by atoms with E-state index >= 15 is 0 Å². The summed E-state index contributed by atoms with van der Waals surface area (Å²) in [5.74, 6) is 0.701. The van der Waals surface area contributed by atoms with Gasteiger partial charge < -0.3 is 5.32 Å². The summed E-state index contributed by atoms with van der Waals surface area (Å²) in [7, 11) is -3.58. The largest absolute Gasteiger partial charge is 0.350 e. The normalized spacial score (nSPS) is 13.9. The molecular formula is C24H29N5O4S. The number of carbonyl (C=O) groups excluding carboxylic acids is 1. The van der Waals surface area contributed by atoms with Crippen molar-refractivity contribution in [2.24, 2.45) is 0 Å². The van der Waals surface area contributed by atoms with Gasteiger partial charge in [-0.2, -0.15) is 9.40 Å². The Bertz CT molecular complexity index is 1310. The van der Waals surface area contributed by atoms with Crippen LogP contribution in [0.25, 0.3) is 5.69 Å². The summed E-state index contributed by atoms with van der Waals surface area (Å²) in [5, 5.41) is 7.32. The van der Waals surface area contributed by atoms with Crippen LogP contribution in [0.3, 0.4) is 0 Å². The van der Waals surface area contributed by atoms with Gasteiger partial charge in [-0.3, -0.25) is 4.79 Å². The number of nitrogens with zero attached hydrogens (tertiary/aromatic N) is 4. The molecule has 180 valence electrons. The van der Waals surface area contributed by atoms with Gasteiger partial charge in [0.15, 0.2) is 0 Å². The second-order valence-corrected chi connectivity index (χ2v) is 10.1. The molecule has 0 saturated heterocycles. The van der Waals surface area contributed by atoms with Crippen LogP contribution in [0.2, 0.25) is 0 Å². The molecule has 0 spiro atoms. The minimum Gasteiger partial charge on any atom is -0.350 e. The summed E-state index contributed by atoms with van der Waals surface area (Å²) in [5.41, 5.74) is 0.900. The molecule has 2 aromatic carbocycles. The number of carbonyl (C=O) groups is 1. The average Bonchev–Trinajstić information content (AvgIpc) is 3.64. The first kappa shape index (κ1) is 23.9. The van der Waals surface area contributed by atoms with Crippen LogP contribution in [-0.2, 0) is 16.6 Å². The highest BCUT2D eigenvalue weighted by Gasteiger charge is 2.31. The number of nitrogens with one attached hydrogen (secondary N) is 1. The number of aromatic nitrogens is 3. The molecule has 1 N–H and O–H groups in total. The molecule has 0 aliphatic heterocycles. The molecule has 1 aromatic heterocycles. The summed E-state index contributed by atoms with van der Waals surface area (Å²) in [6.07, 6.45) is 2.03. The van der Waals surface area contributed by atoms with Gasteiger partial charge >= 0.3 is 5.69 Å². The smallest absolute Gasteiger partial charge is 0.350 e. The van der Waals surface area contributed by atoms with Gasteiger partial charge in [0.25, 0.3) is 5.91 Å². The maximum absolute atomic E-state index is 13.0. The minimum absolute atomic E-state index is 0.151. The summed E-state index contributed by atoms with van der Waals surface area (Å²) in [4.78, 5) is 25.7. The molecule has 1 fully saturated rings. The lowest BCUT2D eigenvalue weighted by atomic mass is 10.2. The van der Waals surface area contributed by atoms with E-state index in [2.05, 4.69) is 10.4 Å². The van der Waals surface area contributed by atoms with E-state index in [0.717, 1.165) is 24.4 Å². The maximum Gasteiger partial charge on any atom is 0.350 e. The topological polar surface area (TPSA) is 106 Å². The number of hydrogen-bond acceptors (Lipinski definition) is 5. The van der Waals surface area contributed by atoms with Gasteiger partial charge in [-0.25, -0.2) is 22.5 Å². The van der Waals surface area contributed by atoms with Crippen molar-refractivity contribution < 1.29 is 13.2 Å². The first-order valence-electron chi connectivity index (χ1n) is 11.5. The lowest BCUT2D eigenvalue weighted by molar-refractivity contribution is 0.0951. The van der Waals surface area contributed by atoms with E-state index in [4.69, 9.17) is 0 Å². The first-order valence-corrected chi connectivity index (χ1v) is 12.9. The molecule has 3 aromatic rings. The summed E-state index contributed by atoms with van der Waals surface area (Å²) < 4.78 is 29.6. The van der Waals surface area contributed by atoms with Crippen molar-refractivity contribution in [3.63, 3.8) is 0 Å². The van der Waals surface area contributed by atoms with Gasteiger partial charge in [-0.1, -0.05) is 32.0 Å². The third kappa shape index (κ3) is 4.83. The van der Waals surface area contributed by atoms with Gasteiger partial charge in [0.1, 0.15) is 5.82 Å². The SMILES string of the molecule is CCN(CC)S(=O)(=O)c1ccc(C(=O)NCCn2nc(C3CC3)n(-c3ccccc3)c2=O)cc1. The molecular weight excluding hydrogens is 454 g/mol. The van der Waals surface area contributed by atoms with Crippen LogP contribution in [-0.4, -0.2) is 52.6 Å². The molecule has 0 radical (unpaired) electrons. The van der Waals surface area contributed by atoms with Crippen molar-refractivity contribution in [2.45, 2.75) is 44.0 Å². The first-order chi connectivity index (χ1) is 16.4. The monoisotopic (exact) mass is 483 g/mol. The van der Waals surface area contributed by atoms with E-state index in [-0.39, 0.29) is 35.5 Å². The van der Waals surface area contributed by atoms with E-state index in [1.807, 2.05) is 30.3 Å². The summed E-state index contributed by atoms with van der Waals surface area (Å²) in [6.45, 7) is 4.77. The third-order valence-electron chi connectivity index (χ3n) is 5.89. The van der Waals surface area contributed by atoms with Crippen molar-refractivity contribution in [3.05, 3.63) is 76.5 Å². The third-order valence-corrected chi connectivity index (χ3v) is 7.95. The van der Waals surface area contributed by atoms with Crippen LogP contribution < -0.4 is 11.0 Å². The van der Waals surface area contributed by atoms with Crippen LogP contribution in [0.1, 0.15) is 48.8 Å². The van der Waals surface area contributed by atoms with Crippen LogP contribution >= 0.6 is 0 Å². The lowest BCUT2D eigenvalue weighted by Crippen LogP contribution is -2.32. The number of para-hydroxylation sites is 1. The zero-order chi connectivity index (χ0) is 24.3. The Balaban J connectivity index is 1.42. The molecule has 1 saturated carbocycles. The fourth-order valence-corrected chi connectivity index (χ4v) is 5.32. The Morgan fingerprint density at radius 2 is 1.71 bits per heavy atom. The fraction of sp³-hybridized carbons (Fsp3) is 0.375. The molecule has 9 nitrogen and oxygen atoms in total. The van der Waals surface area contributed by atoms with E-state index in [9.17, 15) is 18.0 Å². The molecule has 34 heavy (non-hydrogen) atoms. The van der Waals surface area contributed by atoms with Gasteiger partial charge in [0.05, 0.1) is 17.1 Å². The Morgan fingerprint density at radius 3 is 2.29 bits per heavy atom. The Labute approximate surface area is 199 Å². The zero-order valence-corrected chi connectivity index (χ0v) is 20.2.